The van der Waals surface area contributed by atoms with Crippen LogP contribution in [-0.4, -0.2) is 0 Å². The minimum absolute atomic E-state index is 0.314. The standard InChI is InChI=1S/C17H20F2.C2H6/c1-9-5-6-11(16(19)15(9)18)10-7-12-13(8-10)14(12)17(2,3)4;1-2/h5-7,12-14H,8H2,1-4H3;1-2H3. The van der Waals surface area contributed by atoms with Crippen molar-refractivity contribution in [1.82, 2.24) is 0 Å². The number of aryl methyl sites for hydroxylation is 1. The van der Waals surface area contributed by atoms with E-state index in [1.165, 1.54) is 0 Å². The first kappa shape index (κ1) is 16.2. The summed E-state index contributed by atoms with van der Waals surface area (Å²) in [5, 5.41) is 0. The van der Waals surface area contributed by atoms with E-state index in [0.29, 0.717) is 34.3 Å². The van der Waals surface area contributed by atoms with Gasteiger partial charge in [-0.05, 0) is 47.6 Å². The normalized spacial score (nSPS) is 26.7. The van der Waals surface area contributed by atoms with Gasteiger partial charge >= 0.3 is 0 Å². The molecular weight excluding hydrogens is 266 g/mol. The Labute approximate surface area is 127 Å². The molecule has 0 nitrogen and oxygen atoms in total. The molecule has 1 fully saturated rings. The van der Waals surface area contributed by atoms with E-state index in [9.17, 15) is 8.78 Å². The van der Waals surface area contributed by atoms with Crippen LogP contribution in [0.5, 0.6) is 0 Å². The Morgan fingerprint density at radius 2 is 1.67 bits per heavy atom. The summed E-state index contributed by atoms with van der Waals surface area (Å²) in [5.41, 5.74) is 2.14. The van der Waals surface area contributed by atoms with E-state index in [4.69, 9.17) is 0 Å². The van der Waals surface area contributed by atoms with E-state index in [2.05, 4.69) is 26.8 Å². The van der Waals surface area contributed by atoms with Crippen molar-refractivity contribution < 1.29 is 8.78 Å². The fraction of sp³-hybridized carbons (Fsp3) is 0.579. The molecule has 116 valence electrons. The quantitative estimate of drug-likeness (QED) is 0.596. The second kappa shape index (κ2) is 5.55. The second-order valence-corrected chi connectivity index (χ2v) is 7.09. The molecule has 21 heavy (non-hydrogen) atoms. The van der Waals surface area contributed by atoms with Gasteiger partial charge in [-0.15, -0.1) is 0 Å². The molecule has 3 unspecified atom stereocenters. The van der Waals surface area contributed by atoms with E-state index in [-0.39, 0.29) is 0 Å². The molecule has 0 aromatic heterocycles. The molecule has 0 radical (unpaired) electrons. The molecular formula is C19H26F2. The number of allylic oxidation sites excluding steroid dienone is 2. The summed E-state index contributed by atoms with van der Waals surface area (Å²) in [5.74, 6) is 0.526. The molecule has 1 aromatic carbocycles. The Balaban J connectivity index is 0.000000774. The maximum absolute atomic E-state index is 14.0. The van der Waals surface area contributed by atoms with Crippen LogP contribution in [0.25, 0.3) is 5.57 Å². The molecule has 3 atom stereocenters. The fourth-order valence-electron chi connectivity index (χ4n) is 3.76. The van der Waals surface area contributed by atoms with Gasteiger partial charge in [0.05, 0.1) is 0 Å². The third-order valence-corrected chi connectivity index (χ3v) is 4.70. The molecule has 2 aliphatic carbocycles. The summed E-state index contributed by atoms with van der Waals surface area (Å²) in [6.07, 6.45) is 3.07. The predicted octanol–water partition coefficient (Wildman–Crippen LogP) is 5.99. The summed E-state index contributed by atoms with van der Waals surface area (Å²) in [7, 11) is 0. The Hall–Kier alpha value is -1.18. The summed E-state index contributed by atoms with van der Waals surface area (Å²) >= 11 is 0. The van der Waals surface area contributed by atoms with Crippen molar-refractivity contribution in [2.45, 2.75) is 48.0 Å². The van der Waals surface area contributed by atoms with Crippen molar-refractivity contribution >= 4 is 5.57 Å². The van der Waals surface area contributed by atoms with Gasteiger partial charge in [0, 0.05) is 5.56 Å². The molecule has 0 saturated heterocycles. The highest BCUT2D eigenvalue weighted by Crippen LogP contribution is 2.64. The van der Waals surface area contributed by atoms with Crippen molar-refractivity contribution in [3.8, 4) is 0 Å². The van der Waals surface area contributed by atoms with Crippen LogP contribution in [0, 0.1) is 41.7 Å². The minimum atomic E-state index is -0.702. The minimum Gasteiger partial charge on any atom is -0.203 e. The zero-order valence-corrected chi connectivity index (χ0v) is 13.9. The first-order chi connectivity index (χ1) is 9.80. The summed E-state index contributed by atoms with van der Waals surface area (Å²) in [4.78, 5) is 0. The zero-order valence-electron chi connectivity index (χ0n) is 13.9. The van der Waals surface area contributed by atoms with E-state index in [1.807, 2.05) is 13.8 Å². The molecule has 1 saturated carbocycles. The first-order valence-electron chi connectivity index (χ1n) is 7.96. The molecule has 0 spiro atoms. The van der Waals surface area contributed by atoms with Gasteiger partial charge in [0.2, 0.25) is 0 Å². The number of benzene rings is 1. The van der Waals surface area contributed by atoms with Crippen molar-refractivity contribution in [2.24, 2.45) is 23.2 Å². The Morgan fingerprint density at radius 1 is 1.05 bits per heavy atom. The van der Waals surface area contributed by atoms with Crippen molar-refractivity contribution in [2.75, 3.05) is 0 Å². The number of hydrogen-bond donors (Lipinski definition) is 0. The Bertz CT molecular complexity index is 564. The topological polar surface area (TPSA) is 0 Å². The van der Waals surface area contributed by atoms with Crippen LogP contribution in [-0.2, 0) is 0 Å². The Morgan fingerprint density at radius 3 is 2.14 bits per heavy atom. The molecule has 3 rings (SSSR count). The van der Waals surface area contributed by atoms with Gasteiger partial charge in [0.25, 0.3) is 0 Å². The molecule has 2 heteroatoms. The van der Waals surface area contributed by atoms with E-state index in [1.54, 1.807) is 19.1 Å². The lowest BCUT2D eigenvalue weighted by atomic mass is 9.85. The monoisotopic (exact) mass is 292 g/mol. The van der Waals surface area contributed by atoms with Crippen LogP contribution in [0.4, 0.5) is 8.78 Å². The maximum Gasteiger partial charge on any atom is 0.166 e. The lowest BCUT2D eigenvalue weighted by Gasteiger charge is -2.20. The van der Waals surface area contributed by atoms with Crippen LogP contribution in [0.1, 0.15) is 52.2 Å². The molecule has 1 aromatic rings. The second-order valence-electron chi connectivity index (χ2n) is 7.09. The van der Waals surface area contributed by atoms with Crippen LogP contribution >= 0.6 is 0 Å². The third kappa shape index (κ3) is 2.77. The van der Waals surface area contributed by atoms with Gasteiger partial charge in [-0.3, -0.25) is 0 Å². The van der Waals surface area contributed by atoms with Crippen molar-refractivity contribution in [1.29, 1.82) is 0 Å². The van der Waals surface area contributed by atoms with Gasteiger partial charge in [-0.25, -0.2) is 8.78 Å². The van der Waals surface area contributed by atoms with Crippen LogP contribution in [0.2, 0.25) is 0 Å². The lowest BCUT2D eigenvalue weighted by Crippen LogP contribution is -2.11. The van der Waals surface area contributed by atoms with Crippen LogP contribution < -0.4 is 0 Å². The summed E-state index contributed by atoms with van der Waals surface area (Å²) in [6, 6.07) is 3.39. The SMILES string of the molecule is CC.Cc1ccc(C2=CC3C(C2)C3C(C)(C)C)c(F)c1F. The fourth-order valence-corrected chi connectivity index (χ4v) is 3.76. The number of rotatable bonds is 1. The maximum atomic E-state index is 14.0. The average molecular weight is 292 g/mol. The highest BCUT2D eigenvalue weighted by atomic mass is 19.2. The van der Waals surface area contributed by atoms with Gasteiger partial charge < -0.3 is 0 Å². The zero-order chi connectivity index (χ0) is 15.9. The highest BCUT2D eigenvalue weighted by Gasteiger charge is 2.57. The number of hydrogen-bond acceptors (Lipinski definition) is 0. The average Bonchev–Trinajstić information content (AvgIpc) is 2.97. The largest absolute Gasteiger partial charge is 0.203 e. The molecule has 2 aliphatic rings. The van der Waals surface area contributed by atoms with Crippen molar-refractivity contribution in [3.63, 3.8) is 0 Å². The molecule has 0 N–H and O–H groups in total. The molecule has 0 heterocycles. The van der Waals surface area contributed by atoms with Gasteiger partial charge in [-0.1, -0.05) is 52.8 Å². The lowest BCUT2D eigenvalue weighted by molar-refractivity contribution is 0.321. The summed E-state index contributed by atoms with van der Waals surface area (Å²) < 4.78 is 27.6. The third-order valence-electron chi connectivity index (χ3n) is 4.70. The van der Waals surface area contributed by atoms with Crippen molar-refractivity contribution in [3.05, 3.63) is 41.0 Å². The Kier molecular flexibility index (Phi) is 4.28. The molecule has 0 bridgehead atoms. The van der Waals surface area contributed by atoms with Gasteiger partial charge in [-0.2, -0.15) is 0 Å². The first-order valence-corrected chi connectivity index (χ1v) is 7.96. The van der Waals surface area contributed by atoms with E-state index >= 15 is 0 Å². The van der Waals surface area contributed by atoms with Crippen LogP contribution in [0.3, 0.4) is 0 Å². The number of halogens is 2. The molecule has 0 amide bonds. The smallest absolute Gasteiger partial charge is 0.166 e. The number of fused-ring (bicyclic) bond motifs is 1. The van der Waals surface area contributed by atoms with Crippen LogP contribution in [0.15, 0.2) is 18.2 Å². The predicted molar refractivity (Wildman–Crippen MR) is 85.0 cm³/mol. The highest BCUT2D eigenvalue weighted by molar-refractivity contribution is 5.70. The van der Waals surface area contributed by atoms with Gasteiger partial charge in [0.15, 0.2) is 11.6 Å². The van der Waals surface area contributed by atoms with E-state index < -0.39 is 11.6 Å². The van der Waals surface area contributed by atoms with Gasteiger partial charge in [0.1, 0.15) is 0 Å². The van der Waals surface area contributed by atoms with E-state index in [0.717, 1.165) is 12.0 Å². The molecule has 0 aliphatic heterocycles. The summed E-state index contributed by atoms with van der Waals surface area (Å²) in [6.45, 7) is 12.4.